The van der Waals surface area contributed by atoms with Crippen LogP contribution in [0.4, 0.5) is 11.5 Å². The molecule has 28 heavy (non-hydrogen) atoms. The number of hydrogen-bond donors (Lipinski definition) is 1. The SMILES string of the molecule is COc1ccc(-c2nc3cnccn3c2Nc2cccc(C)c2C)cc1OC. The molecule has 6 heteroatoms. The van der Waals surface area contributed by atoms with Gasteiger partial charge in [0.1, 0.15) is 11.5 Å². The van der Waals surface area contributed by atoms with E-state index in [4.69, 9.17) is 14.5 Å². The zero-order valence-electron chi connectivity index (χ0n) is 16.4. The van der Waals surface area contributed by atoms with Crippen molar-refractivity contribution in [1.82, 2.24) is 14.4 Å². The fourth-order valence-electron chi connectivity index (χ4n) is 3.23. The lowest BCUT2D eigenvalue weighted by Gasteiger charge is -2.14. The Morgan fingerprint density at radius 3 is 2.61 bits per heavy atom. The molecule has 0 aliphatic heterocycles. The average Bonchev–Trinajstić information content (AvgIpc) is 3.09. The predicted octanol–water partition coefficient (Wildman–Crippen LogP) is 4.77. The first-order valence-electron chi connectivity index (χ1n) is 9.00. The molecule has 4 rings (SSSR count). The van der Waals surface area contributed by atoms with Crippen molar-refractivity contribution in [3.05, 3.63) is 66.1 Å². The third kappa shape index (κ3) is 3.03. The summed E-state index contributed by atoms with van der Waals surface area (Å²) in [5.74, 6) is 2.21. The first-order valence-corrected chi connectivity index (χ1v) is 9.00. The van der Waals surface area contributed by atoms with E-state index in [2.05, 4.69) is 36.3 Å². The molecular formula is C22H22N4O2. The highest BCUT2D eigenvalue weighted by Gasteiger charge is 2.17. The summed E-state index contributed by atoms with van der Waals surface area (Å²) in [6, 6.07) is 12.0. The quantitative estimate of drug-likeness (QED) is 0.545. The van der Waals surface area contributed by atoms with Crippen LogP contribution in [0.15, 0.2) is 55.0 Å². The molecule has 4 aromatic rings. The number of hydrogen-bond acceptors (Lipinski definition) is 5. The number of nitrogens with zero attached hydrogens (tertiary/aromatic N) is 3. The van der Waals surface area contributed by atoms with Gasteiger partial charge in [0.2, 0.25) is 0 Å². The van der Waals surface area contributed by atoms with Gasteiger partial charge >= 0.3 is 0 Å². The van der Waals surface area contributed by atoms with E-state index < -0.39 is 0 Å². The number of aromatic nitrogens is 3. The minimum atomic E-state index is 0.660. The first-order chi connectivity index (χ1) is 13.6. The second kappa shape index (κ2) is 7.23. The van der Waals surface area contributed by atoms with Crippen molar-refractivity contribution in [3.63, 3.8) is 0 Å². The summed E-state index contributed by atoms with van der Waals surface area (Å²) in [5.41, 5.74) is 5.97. The minimum Gasteiger partial charge on any atom is -0.493 e. The second-order valence-corrected chi connectivity index (χ2v) is 6.56. The normalized spacial score (nSPS) is 10.9. The van der Waals surface area contributed by atoms with E-state index in [0.29, 0.717) is 11.5 Å². The van der Waals surface area contributed by atoms with Gasteiger partial charge in [-0.15, -0.1) is 0 Å². The van der Waals surface area contributed by atoms with Crippen molar-refractivity contribution in [2.24, 2.45) is 0 Å². The van der Waals surface area contributed by atoms with Gasteiger partial charge in [0.15, 0.2) is 17.1 Å². The molecule has 0 saturated carbocycles. The number of anilines is 2. The molecule has 0 bridgehead atoms. The van der Waals surface area contributed by atoms with Crippen LogP contribution >= 0.6 is 0 Å². The standard InChI is InChI=1S/C22H22N4O2/c1-14-6-5-7-17(15(14)2)24-22-21(25-20-13-23-10-11-26(20)22)16-8-9-18(27-3)19(12-16)28-4/h5-13,24H,1-4H3. The van der Waals surface area contributed by atoms with Crippen LogP contribution < -0.4 is 14.8 Å². The molecule has 2 aromatic carbocycles. The van der Waals surface area contributed by atoms with Crippen molar-refractivity contribution in [1.29, 1.82) is 0 Å². The van der Waals surface area contributed by atoms with Gasteiger partial charge < -0.3 is 14.8 Å². The number of benzene rings is 2. The largest absolute Gasteiger partial charge is 0.493 e. The zero-order valence-corrected chi connectivity index (χ0v) is 16.4. The highest BCUT2D eigenvalue weighted by atomic mass is 16.5. The fourth-order valence-corrected chi connectivity index (χ4v) is 3.23. The van der Waals surface area contributed by atoms with E-state index in [1.165, 1.54) is 11.1 Å². The lowest BCUT2D eigenvalue weighted by atomic mass is 10.1. The summed E-state index contributed by atoms with van der Waals surface area (Å²) in [6.45, 7) is 4.21. The molecule has 0 aliphatic rings. The van der Waals surface area contributed by atoms with Gasteiger partial charge in [0.05, 0.1) is 20.4 Å². The molecule has 0 fully saturated rings. The van der Waals surface area contributed by atoms with Crippen molar-refractivity contribution in [2.45, 2.75) is 13.8 Å². The van der Waals surface area contributed by atoms with E-state index >= 15 is 0 Å². The molecular weight excluding hydrogens is 352 g/mol. The predicted molar refractivity (Wildman–Crippen MR) is 111 cm³/mol. The third-order valence-electron chi connectivity index (χ3n) is 4.94. The van der Waals surface area contributed by atoms with Crippen LogP contribution in [0.1, 0.15) is 11.1 Å². The monoisotopic (exact) mass is 374 g/mol. The second-order valence-electron chi connectivity index (χ2n) is 6.56. The van der Waals surface area contributed by atoms with Crippen LogP contribution in [0.25, 0.3) is 16.9 Å². The van der Waals surface area contributed by atoms with Crippen LogP contribution in [0.3, 0.4) is 0 Å². The summed E-state index contributed by atoms with van der Waals surface area (Å²) in [4.78, 5) is 9.01. The average molecular weight is 374 g/mol. The van der Waals surface area contributed by atoms with Crippen molar-refractivity contribution >= 4 is 17.2 Å². The maximum atomic E-state index is 5.47. The topological polar surface area (TPSA) is 60.7 Å². The zero-order chi connectivity index (χ0) is 19.7. The number of fused-ring (bicyclic) bond motifs is 1. The lowest BCUT2D eigenvalue weighted by Crippen LogP contribution is -2.00. The van der Waals surface area contributed by atoms with Crippen LogP contribution in [0.2, 0.25) is 0 Å². The van der Waals surface area contributed by atoms with Crippen LogP contribution in [-0.4, -0.2) is 28.6 Å². The van der Waals surface area contributed by atoms with Crippen molar-refractivity contribution < 1.29 is 9.47 Å². The molecule has 0 spiro atoms. The highest BCUT2D eigenvalue weighted by Crippen LogP contribution is 2.37. The van der Waals surface area contributed by atoms with Gasteiger partial charge in [-0.25, -0.2) is 4.98 Å². The molecule has 142 valence electrons. The van der Waals surface area contributed by atoms with Gasteiger partial charge in [-0.1, -0.05) is 12.1 Å². The molecule has 0 atom stereocenters. The number of imidazole rings is 1. The van der Waals surface area contributed by atoms with Gasteiger partial charge in [-0.3, -0.25) is 9.38 Å². The number of nitrogens with one attached hydrogen (secondary N) is 1. The summed E-state index contributed by atoms with van der Waals surface area (Å²) < 4.78 is 12.8. The Balaban J connectivity index is 1.90. The number of aryl methyl sites for hydroxylation is 1. The van der Waals surface area contributed by atoms with Gasteiger partial charge in [0.25, 0.3) is 0 Å². The number of methoxy groups -OCH3 is 2. The molecule has 0 saturated heterocycles. The van der Waals surface area contributed by atoms with Crippen LogP contribution in [0, 0.1) is 13.8 Å². The minimum absolute atomic E-state index is 0.660. The van der Waals surface area contributed by atoms with E-state index in [9.17, 15) is 0 Å². The summed E-state index contributed by atoms with van der Waals surface area (Å²) >= 11 is 0. The summed E-state index contributed by atoms with van der Waals surface area (Å²) in [5, 5.41) is 3.57. The first kappa shape index (κ1) is 17.9. The Bertz CT molecular complexity index is 1150. The Morgan fingerprint density at radius 2 is 1.82 bits per heavy atom. The number of ether oxygens (including phenoxy) is 2. The van der Waals surface area contributed by atoms with Gasteiger partial charge in [-0.2, -0.15) is 0 Å². The Morgan fingerprint density at radius 1 is 1.00 bits per heavy atom. The number of rotatable bonds is 5. The van der Waals surface area contributed by atoms with E-state index in [0.717, 1.165) is 28.4 Å². The lowest BCUT2D eigenvalue weighted by molar-refractivity contribution is 0.355. The fraction of sp³-hybridized carbons (Fsp3) is 0.182. The van der Waals surface area contributed by atoms with Crippen molar-refractivity contribution in [2.75, 3.05) is 19.5 Å². The molecule has 1 N–H and O–H groups in total. The van der Waals surface area contributed by atoms with Gasteiger partial charge in [-0.05, 0) is 49.2 Å². The Labute approximate surface area is 163 Å². The maximum absolute atomic E-state index is 5.47. The highest BCUT2D eigenvalue weighted by molar-refractivity contribution is 5.81. The molecule has 0 radical (unpaired) electrons. The summed E-state index contributed by atoms with van der Waals surface area (Å²) in [6.07, 6.45) is 5.40. The Hall–Kier alpha value is -3.54. The molecule has 2 aromatic heterocycles. The van der Waals surface area contributed by atoms with Gasteiger partial charge in [0, 0.05) is 23.6 Å². The van der Waals surface area contributed by atoms with Crippen molar-refractivity contribution in [3.8, 4) is 22.8 Å². The van der Waals surface area contributed by atoms with Crippen LogP contribution in [0.5, 0.6) is 11.5 Å². The van der Waals surface area contributed by atoms with E-state index in [1.54, 1.807) is 26.6 Å². The van der Waals surface area contributed by atoms with Crippen LogP contribution in [-0.2, 0) is 0 Å². The molecule has 0 amide bonds. The smallest absolute Gasteiger partial charge is 0.161 e. The van der Waals surface area contributed by atoms with E-state index in [-0.39, 0.29) is 0 Å². The Kier molecular flexibility index (Phi) is 4.61. The molecule has 0 aliphatic carbocycles. The molecule has 0 unspecified atom stereocenters. The summed E-state index contributed by atoms with van der Waals surface area (Å²) in [7, 11) is 3.26. The molecule has 6 nitrogen and oxygen atoms in total. The molecule has 2 heterocycles. The maximum Gasteiger partial charge on any atom is 0.161 e. The third-order valence-corrected chi connectivity index (χ3v) is 4.94. The van der Waals surface area contributed by atoms with E-state index in [1.807, 2.05) is 34.9 Å².